The lowest BCUT2D eigenvalue weighted by molar-refractivity contribution is -0.385. The standard InChI is InChI=1S/C13H16N2O5/c1-4-13(3,12(17)18)14-11(16)9-5-6-10(15(19)20)8(2)7-9/h5-7H,4H2,1-3H3,(H,14,16)(H,17,18). The summed E-state index contributed by atoms with van der Waals surface area (Å²) in [7, 11) is 0. The van der Waals surface area contributed by atoms with Crippen molar-refractivity contribution in [2.75, 3.05) is 0 Å². The largest absolute Gasteiger partial charge is 0.480 e. The first kappa shape index (κ1) is 15.6. The number of carbonyl (C=O) groups is 2. The molecule has 0 aromatic heterocycles. The molecule has 0 radical (unpaired) electrons. The summed E-state index contributed by atoms with van der Waals surface area (Å²) in [6.45, 7) is 4.58. The Kier molecular flexibility index (Phi) is 4.44. The van der Waals surface area contributed by atoms with Gasteiger partial charge in [0.1, 0.15) is 5.54 Å². The summed E-state index contributed by atoms with van der Waals surface area (Å²) in [5.74, 6) is -1.71. The predicted octanol–water partition coefficient (Wildman–Crippen LogP) is 1.89. The molecule has 0 bridgehead atoms. The number of nitrogens with zero attached hydrogens (tertiary/aromatic N) is 1. The molecular weight excluding hydrogens is 264 g/mol. The number of nitro benzene ring substituents is 1. The SMILES string of the molecule is CCC(C)(NC(=O)c1ccc([N+](=O)[O-])c(C)c1)C(=O)O. The number of aryl methyl sites for hydroxylation is 1. The zero-order chi connectivity index (χ0) is 15.5. The summed E-state index contributed by atoms with van der Waals surface area (Å²) in [5, 5.41) is 22.2. The molecular formula is C13H16N2O5. The van der Waals surface area contributed by atoms with Crippen molar-refractivity contribution >= 4 is 17.6 Å². The number of carbonyl (C=O) groups excluding carboxylic acids is 1. The van der Waals surface area contributed by atoms with Crippen LogP contribution in [0.4, 0.5) is 5.69 Å². The van der Waals surface area contributed by atoms with Crippen molar-refractivity contribution in [3.05, 3.63) is 39.4 Å². The molecule has 1 rings (SSSR count). The lowest BCUT2D eigenvalue weighted by atomic mass is 9.98. The Morgan fingerprint density at radius 2 is 2.05 bits per heavy atom. The topological polar surface area (TPSA) is 110 Å². The van der Waals surface area contributed by atoms with Gasteiger partial charge in [0.25, 0.3) is 11.6 Å². The zero-order valence-corrected chi connectivity index (χ0v) is 11.5. The van der Waals surface area contributed by atoms with Gasteiger partial charge in [-0.1, -0.05) is 6.92 Å². The van der Waals surface area contributed by atoms with Gasteiger partial charge in [-0.25, -0.2) is 4.79 Å². The van der Waals surface area contributed by atoms with E-state index in [4.69, 9.17) is 5.11 Å². The molecule has 1 atom stereocenters. The van der Waals surface area contributed by atoms with Crippen molar-refractivity contribution < 1.29 is 19.6 Å². The summed E-state index contributed by atoms with van der Waals surface area (Å²) in [4.78, 5) is 33.3. The lowest BCUT2D eigenvalue weighted by Gasteiger charge is -2.24. The number of carboxylic acids is 1. The zero-order valence-electron chi connectivity index (χ0n) is 11.5. The van der Waals surface area contributed by atoms with E-state index >= 15 is 0 Å². The first-order valence-corrected chi connectivity index (χ1v) is 6.02. The third-order valence-corrected chi connectivity index (χ3v) is 3.22. The first-order valence-electron chi connectivity index (χ1n) is 6.02. The van der Waals surface area contributed by atoms with Gasteiger partial charge in [0.2, 0.25) is 0 Å². The molecule has 1 unspecified atom stereocenters. The van der Waals surface area contributed by atoms with E-state index < -0.39 is 22.3 Å². The third-order valence-electron chi connectivity index (χ3n) is 3.22. The number of nitro groups is 1. The quantitative estimate of drug-likeness (QED) is 0.632. The number of carboxylic acid groups (broad SMARTS) is 1. The fourth-order valence-electron chi connectivity index (χ4n) is 1.62. The van der Waals surface area contributed by atoms with E-state index in [9.17, 15) is 19.7 Å². The lowest BCUT2D eigenvalue weighted by Crippen LogP contribution is -2.51. The van der Waals surface area contributed by atoms with Crippen molar-refractivity contribution in [3.8, 4) is 0 Å². The highest BCUT2D eigenvalue weighted by atomic mass is 16.6. The number of amides is 1. The number of hydrogen-bond donors (Lipinski definition) is 2. The summed E-state index contributed by atoms with van der Waals surface area (Å²) >= 11 is 0. The average Bonchev–Trinajstić information content (AvgIpc) is 2.37. The van der Waals surface area contributed by atoms with Crippen LogP contribution in [-0.4, -0.2) is 27.4 Å². The van der Waals surface area contributed by atoms with E-state index in [1.807, 2.05) is 0 Å². The summed E-state index contributed by atoms with van der Waals surface area (Å²) in [6.07, 6.45) is 0.222. The molecule has 1 aromatic rings. The molecule has 0 aliphatic heterocycles. The molecule has 0 aliphatic carbocycles. The van der Waals surface area contributed by atoms with Crippen LogP contribution in [0.2, 0.25) is 0 Å². The fourth-order valence-corrected chi connectivity index (χ4v) is 1.62. The number of hydrogen-bond acceptors (Lipinski definition) is 4. The van der Waals surface area contributed by atoms with Crippen LogP contribution in [0, 0.1) is 17.0 Å². The number of nitrogens with one attached hydrogen (secondary N) is 1. The Balaban J connectivity index is 3.02. The normalized spacial score (nSPS) is 13.3. The second kappa shape index (κ2) is 5.68. The Morgan fingerprint density at radius 3 is 2.45 bits per heavy atom. The van der Waals surface area contributed by atoms with Crippen LogP contribution in [0.5, 0.6) is 0 Å². The van der Waals surface area contributed by atoms with Crippen molar-refractivity contribution in [1.82, 2.24) is 5.32 Å². The molecule has 0 saturated heterocycles. The predicted molar refractivity (Wildman–Crippen MR) is 71.6 cm³/mol. The highest BCUT2D eigenvalue weighted by Gasteiger charge is 2.33. The van der Waals surface area contributed by atoms with Gasteiger partial charge in [-0.2, -0.15) is 0 Å². The Labute approximate surface area is 115 Å². The second-order valence-corrected chi connectivity index (χ2v) is 4.70. The van der Waals surface area contributed by atoms with Gasteiger partial charge in [0.05, 0.1) is 4.92 Å². The van der Waals surface area contributed by atoms with Gasteiger partial charge in [-0.05, 0) is 32.4 Å². The minimum absolute atomic E-state index is 0.0852. The molecule has 7 nitrogen and oxygen atoms in total. The van der Waals surface area contributed by atoms with E-state index in [1.165, 1.54) is 32.0 Å². The maximum absolute atomic E-state index is 12.0. The van der Waals surface area contributed by atoms with E-state index in [-0.39, 0.29) is 17.7 Å². The highest BCUT2D eigenvalue weighted by molar-refractivity contribution is 5.98. The third kappa shape index (κ3) is 3.11. The highest BCUT2D eigenvalue weighted by Crippen LogP contribution is 2.19. The van der Waals surface area contributed by atoms with Crippen LogP contribution >= 0.6 is 0 Å². The van der Waals surface area contributed by atoms with Crippen LogP contribution in [0.25, 0.3) is 0 Å². The van der Waals surface area contributed by atoms with Crippen LogP contribution in [0.1, 0.15) is 36.2 Å². The second-order valence-electron chi connectivity index (χ2n) is 4.70. The van der Waals surface area contributed by atoms with E-state index in [1.54, 1.807) is 6.92 Å². The minimum Gasteiger partial charge on any atom is -0.480 e. The van der Waals surface area contributed by atoms with Crippen LogP contribution in [0.15, 0.2) is 18.2 Å². The van der Waals surface area contributed by atoms with Crippen molar-refractivity contribution in [2.45, 2.75) is 32.7 Å². The van der Waals surface area contributed by atoms with Crippen molar-refractivity contribution in [1.29, 1.82) is 0 Å². The maximum Gasteiger partial charge on any atom is 0.329 e. The van der Waals surface area contributed by atoms with Crippen LogP contribution in [0.3, 0.4) is 0 Å². The molecule has 108 valence electrons. The van der Waals surface area contributed by atoms with Crippen LogP contribution in [-0.2, 0) is 4.79 Å². The maximum atomic E-state index is 12.0. The fraction of sp³-hybridized carbons (Fsp3) is 0.385. The number of aliphatic carboxylic acids is 1. The Morgan fingerprint density at radius 1 is 1.45 bits per heavy atom. The monoisotopic (exact) mass is 280 g/mol. The van der Waals surface area contributed by atoms with Gasteiger partial charge in [0, 0.05) is 17.2 Å². The van der Waals surface area contributed by atoms with E-state index in [0.29, 0.717) is 5.56 Å². The van der Waals surface area contributed by atoms with E-state index in [2.05, 4.69) is 5.32 Å². The molecule has 0 spiro atoms. The number of benzene rings is 1. The summed E-state index contributed by atoms with van der Waals surface area (Å²) < 4.78 is 0. The van der Waals surface area contributed by atoms with Crippen LogP contribution < -0.4 is 5.32 Å². The summed E-state index contributed by atoms with van der Waals surface area (Å²) in [5.41, 5.74) is -0.921. The molecule has 2 N–H and O–H groups in total. The minimum atomic E-state index is -1.37. The smallest absolute Gasteiger partial charge is 0.329 e. The molecule has 0 saturated carbocycles. The van der Waals surface area contributed by atoms with Crippen molar-refractivity contribution in [3.63, 3.8) is 0 Å². The van der Waals surface area contributed by atoms with Crippen molar-refractivity contribution in [2.24, 2.45) is 0 Å². The molecule has 0 fully saturated rings. The van der Waals surface area contributed by atoms with E-state index in [0.717, 1.165) is 0 Å². The summed E-state index contributed by atoms with van der Waals surface area (Å²) in [6, 6.07) is 3.90. The van der Waals surface area contributed by atoms with Gasteiger partial charge < -0.3 is 10.4 Å². The first-order chi connectivity index (χ1) is 9.21. The van der Waals surface area contributed by atoms with Gasteiger partial charge >= 0.3 is 5.97 Å². The Bertz CT molecular complexity index is 570. The molecule has 0 heterocycles. The molecule has 0 aliphatic rings. The number of rotatable bonds is 5. The van der Waals surface area contributed by atoms with Gasteiger partial charge in [-0.3, -0.25) is 14.9 Å². The molecule has 7 heteroatoms. The van der Waals surface area contributed by atoms with Gasteiger partial charge in [-0.15, -0.1) is 0 Å². The molecule has 1 aromatic carbocycles. The van der Waals surface area contributed by atoms with Gasteiger partial charge in [0.15, 0.2) is 0 Å². The molecule has 20 heavy (non-hydrogen) atoms. The molecule has 1 amide bonds. The Hall–Kier alpha value is -2.44. The average molecular weight is 280 g/mol.